The van der Waals surface area contributed by atoms with Gasteiger partial charge in [-0.15, -0.1) is 0 Å². The maximum Gasteiger partial charge on any atom is 0.238 e. The number of Topliss-reactive ketones (excluding diaryl/α,β-unsaturated/α-hetero) is 1. The van der Waals surface area contributed by atoms with Crippen LogP contribution >= 0.6 is 11.6 Å². The molecule has 3 aliphatic carbocycles. The Balaban J connectivity index is 1.13. The minimum absolute atomic E-state index is 0.0415. The first-order valence-electron chi connectivity index (χ1n) is 19.6. The van der Waals surface area contributed by atoms with Gasteiger partial charge in [0.25, 0.3) is 0 Å². The van der Waals surface area contributed by atoms with Crippen LogP contribution in [0.1, 0.15) is 46.6 Å². The molecule has 5 aromatic rings. The smallest absolute Gasteiger partial charge is 0.238 e. The van der Waals surface area contributed by atoms with Gasteiger partial charge in [0, 0.05) is 28.0 Å². The van der Waals surface area contributed by atoms with Crippen LogP contribution in [0.25, 0.3) is 17.7 Å². The van der Waals surface area contributed by atoms with Crippen LogP contribution < -0.4 is 14.4 Å². The van der Waals surface area contributed by atoms with Crippen molar-refractivity contribution in [2.45, 2.75) is 24.2 Å². The van der Waals surface area contributed by atoms with Crippen molar-refractivity contribution in [2.24, 2.45) is 23.7 Å². The van der Waals surface area contributed by atoms with E-state index in [4.69, 9.17) is 21.1 Å². The summed E-state index contributed by atoms with van der Waals surface area (Å²) in [5.74, 6) is -3.41. The lowest BCUT2D eigenvalue weighted by molar-refractivity contribution is -0.135. The molecule has 6 atom stereocenters. The number of halogens is 1. The van der Waals surface area contributed by atoms with Crippen LogP contribution in [-0.4, -0.2) is 42.7 Å². The fraction of sp³-hybridized carbons (Fsp3) is 0.200. The first kappa shape index (κ1) is 38.0. The monoisotopic (exact) mass is 801 g/mol. The number of phenols is 1. The van der Waals surface area contributed by atoms with Crippen molar-refractivity contribution in [1.29, 1.82) is 0 Å². The first-order valence-corrected chi connectivity index (χ1v) is 20.0. The molecular weight excluding hydrogens is 762 g/mol. The molecule has 8 nitrogen and oxygen atoms in total. The fourth-order valence-electron chi connectivity index (χ4n) is 10.1. The second kappa shape index (κ2) is 15.0. The lowest BCUT2D eigenvalue weighted by Crippen LogP contribution is -2.58. The summed E-state index contributed by atoms with van der Waals surface area (Å²) in [6.07, 6.45) is 7.76. The van der Waals surface area contributed by atoms with E-state index in [1.165, 1.54) is 23.1 Å². The normalized spacial score (nSPS) is 24.9. The minimum atomic E-state index is -1.42. The molecule has 0 radical (unpaired) electrons. The van der Waals surface area contributed by atoms with Crippen molar-refractivity contribution in [2.75, 3.05) is 19.1 Å². The Morgan fingerprint density at radius 1 is 0.780 bits per heavy atom. The summed E-state index contributed by atoms with van der Waals surface area (Å²) >= 11 is 7.00. The molecule has 9 rings (SSSR count). The van der Waals surface area contributed by atoms with Crippen LogP contribution in [0.3, 0.4) is 0 Å². The third-order valence-electron chi connectivity index (χ3n) is 12.7. The number of anilines is 1. The predicted molar refractivity (Wildman–Crippen MR) is 227 cm³/mol. The van der Waals surface area contributed by atoms with Crippen LogP contribution in [-0.2, 0) is 24.6 Å². The highest BCUT2D eigenvalue weighted by molar-refractivity contribution is 6.33. The van der Waals surface area contributed by atoms with Crippen LogP contribution in [0, 0.1) is 23.7 Å². The maximum atomic E-state index is 15.2. The molecule has 1 aliphatic heterocycles. The number of amides is 2. The topological polar surface area (TPSA) is 110 Å². The third kappa shape index (κ3) is 6.13. The Morgan fingerprint density at radius 3 is 2.20 bits per heavy atom. The number of aromatic hydroxyl groups is 1. The van der Waals surface area contributed by atoms with Crippen molar-refractivity contribution >= 4 is 58.4 Å². The van der Waals surface area contributed by atoms with Crippen LogP contribution in [0.4, 0.5) is 5.69 Å². The van der Waals surface area contributed by atoms with Gasteiger partial charge in [0.05, 0.1) is 37.2 Å². The second-order valence-corrected chi connectivity index (χ2v) is 15.9. The Morgan fingerprint density at radius 2 is 1.51 bits per heavy atom. The number of nitrogens with zero attached hydrogens (tertiary/aromatic N) is 1. The fourth-order valence-corrected chi connectivity index (χ4v) is 10.4. The molecule has 1 N–H and O–H groups in total. The summed E-state index contributed by atoms with van der Waals surface area (Å²) in [7, 11) is 3.21. The van der Waals surface area contributed by atoms with E-state index in [-0.39, 0.29) is 47.0 Å². The molecule has 2 amide bonds. The molecule has 1 saturated heterocycles. The molecule has 4 aliphatic rings. The number of ketones is 2. The van der Waals surface area contributed by atoms with Crippen molar-refractivity contribution in [1.82, 2.24) is 0 Å². The van der Waals surface area contributed by atoms with Gasteiger partial charge in [-0.1, -0.05) is 114 Å². The van der Waals surface area contributed by atoms with Crippen molar-refractivity contribution in [3.8, 4) is 17.2 Å². The average molecular weight is 802 g/mol. The summed E-state index contributed by atoms with van der Waals surface area (Å²) in [5.41, 5.74) is 3.69. The summed E-state index contributed by atoms with van der Waals surface area (Å²) in [6.45, 7) is 0. The number of imide groups is 1. The lowest BCUT2D eigenvalue weighted by Gasteiger charge is -2.55. The quantitative estimate of drug-likeness (QED) is 0.0947. The number of hydrogen-bond acceptors (Lipinski definition) is 7. The molecule has 0 unspecified atom stereocenters. The number of benzene rings is 5. The second-order valence-electron chi connectivity index (χ2n) is 15.5. The molecular formula is C50H40ClNO7. The Labute approximate surface area is 347 Å². The standard InChI is InChI=1S/C50H40ClNO7/c1-58-35-20-24-43(59-2)31(25-35)16-13-29-14-17-33(18-15-29)52-48(56)38-23-22-36-40(45(38)49(52)57)27-41-47(55)39(30-9-5-3-6-10-30)28-44(54)50(41,32-11-7-4-8-12-32)46(36)37-21-19-34(53)26-42(37)51/h3-22,24-26,28,38,40-41,45-46,53H,23,27H2,1-2H3/t38-,40+,41-,45-,46+,50-/m0/s1. The highest BCUT2D eigenvalue weighted by Crippen LogP contribution is 2.64. The van der Waals surface area contributed by atoms with Gasteiger partial charge in [-0.05, 0) is 89.6 Å². The third-order valence-corrected chi connectivity index (χ3v) is 13.0. The van der Waals surface area contributed by atoms with Gasteiger partial charge in [-0.25, -0.2) is 0 Å². The van der Waals surface area contributed by atoms with Crippen LogP contribution in [0.2, 0.25) is 5.02 Å². The van der Waals surface area contributed by atoms with Gasteiger partial charge >= 0.3 is 0 Å². The van der Waals surface area contributed by atoms with E-state index in [1.54, 1.807) is 32.4 Å². The molecule has 59 heavy (non-hydrogen) atoms. The SMILES string of the molecule is COc1ccc(OC)c(C=Cc2ccc(N3C(=O)[C@H]4[C@H](CC=C5[C@H]4C[C@H]4C(=O)C(c6ccccc6)=CC(=O)[C@@]4(c4ccccc4)[C@H]5c4ccc(O)cc4Cl)C3=O)cc2)c1. The predicted octanol–water partition coefficient (Wildman–Crippen LogP) is 9.26. The van der Waals surface area contributed by atoms with Gasteiger partial charge in [0.2, 0.25) is 11.8 Å². The summed E-state index contributed by atoms with van der Waals surface area (Å²) in [4.78, 5) is 60.9. The van der Waals surface area contributed by atoms with E-state index in [0.29, 0.717) is 39.4 Å². The number of fused-ring (bicyclic) bond motifs is 4. The average Bonchev–Trinajstić information content (AvgIpc) is 3.52. The summed E-state index contributed by atoms with van der Waals surface area (Å²) in [6, 6.07) is 36.0. The molecule has 0 aromatic heterocycles. The molecule has 0 bridgehead atoms. The maximum absolute atomic E-state index is 15.2. The molecule has 2 fully saturated rings. The van der Waals surface area contributed by atoms with Gasteiger partial charge < -0.3 is 14.6 Å². The van der Waals surface area contributed by atoms with Crippen LogP contribution in [0.15, 0.2) is 139 Å². The van der Waals surface area contributed by atoms with Gasteiger partial charge in [-0.2, -0.15) is 0 Å². The molecule has 9 heteroatoms. The number of ether oxygens (including phenoxy) is 2. The Hall–Kier alpha value is -6.51. The van der Waals surface area contributed by atoms with Gasteiger partial charge in [0.15, 0.2) is 11.6 Å². The number of carbonyl (C=O) groups excluding carboxylic acids is 4. The molecule has 5 aromatic carbocycles. The first-order chi connectivity index (χ1) is 28.6. The van der Waals surface area contributed by atoms with E-state index in [1.807, 2.05) is 109 Å². The van der Waals surface area contributed by atoms with Crippen molar-refractivity contribution < 1.29 is 33.8 Å². The van der Waals surface area contributed by atoms with Crippen molar-refractivity contribution in [3.63, 3.8) is 0 Å². The summed E-state index contributed by atoms with van der Waals surface area (Å²) in [5, 5.41) is 10.7. The number of methoxy groups -OCH3 is 2. The number of rotatable bonds is 8. The largest absolute Gasteiger partial charge is 0.508 e. The minimum Gasteiger partial charge on any atom is -0.508 e. The highest BCUT2D eigenvalue weighted by atomic mass is 35.5. The zero-order valence-electron chi connectivity index (χ0n) is 32.4. The van der Waals surface area contributed by atoms with E-state index in [2.05, 4.69) is 0 Å². The zero-order valence-corrected chi connectivity index (χ0v) is 33.1. The number of carbonyl (C=O) groups is 4. The molecule has 1 saturated carbocycles. The van der Waals surface area contributed by atoms with E-state index in [9.17, 15) is 14.7 Å². The Kier molecular flexibility index (Phi) is 9.68. The number of hydrogen-bond donors (Lipinski definition) is 1. The summed E-state index contributed by atoms with van der Waals surface area (Å²) < 4.78 is 10.9. The highest BCUT2D eigenvalue weighted by Gasteiger charge is 2.66. The van der Waals surface area contributed by atoms with Gasteiger partial charge in [-0.3, -0.25) is 24.1 Å². The van der Waals surface area contributed by atoms with E-state index in [0.717, 1.165) is 16.7 Å². The Bertz CT molecular complexity index is 2620. The molecule has 294 valence electrons. The zero-order chi connectivity index (χ0) is 41.0. The molecule has 1 heterocycles. The molecule has 0 spiro atoms. The van der Waals surface area contributed by atoms with E-state index >= 15 is 9.59 Å². The number of allylic oxidation sites excluding steroid dienone is 4. The van der Waals surface area contributed by atoms with Gasteiger partial charge in [0.1, 0.15) is 17.2 Å². The van der Waals surface area contributed by atoms with Crippen molar-refractivity contribution in [3.05, 3.63) is 172 Å². The number of phenolic OH excluding ortho intramolecular Hbond substituents is 1. The van der Waals surface area contributed by atoms with Crippen LogP contribution in [0.5, 0.6) is 17.2 Å². The lowest BCUT2D eigenvalue weighted by atomic mass is 9.44. The van der Waals surface area contributed by atoms with E-state index < -0.39 is 35.0 Å².